The lowest BCUT2D eigenvalue weighted by atomic mass is 10.1. The lowest BCUT2D eigenvalue weighted by molar-refractivity contribution is -0.136. The van der Waals surface area contributed by atoms with Crippen molar-refractivity contribution in [2.24, 2.45) is 5.92 Å². The van der Waals surface area contributed by atoms with Crippen LogP contribution in [0.4, 0.5) is 0 Å². The predicted octanol–water partition coefficient (Wildman–Crippen LogP) is 1.16. The Kier molecular flexibility index (Phi) is 3.47. The topological polar surface area (TPSA) is 64.4 Å². The standard InChI is InChI=1S/C12H18N2O3/c1-8-11(5-12(15)16)9(2)14(13-8)6-10-3-4-17-7-10/h10H,3-7H2,1-2H3,(H,15,16). The quantitative estimate of drug-likeness (QED) is 0.855. The highest BCUT2D eigenvalue weighted by Crippen LogP contribution is 2.19. The SMILES string of the molecule is Cc1nn(CC2CCOC2)c(C)c1CC(=O)O. The molecule has 1 aliphatic rings. The Bertz CT molecular complexity index is 420. The van der Waals surface area contributed by atoms with Gasteiger partial charge in [-0.25, -0.2) is 0 Å². The summed E-state index contributed by atoms with van der Waals surface area (Å²) < 4.78 is 7.26. The average Bonchev–Trinajstić information content (AvgIpc) is 2.83. The van der Waals surface area contributed by atoms with E-state index in [2.05, 4.69) is 5.10 Å². The molecule has 1 unspecified atom stereocenters. The Labute approximate surface area is 100 Å². The zero-order chi connectivity index (χ0) is 12.4. The van der Waals surface area contributed by atoms with Gasteiger partial charge in [-0.05, 0) is 20.3 Å². The molecule has 5 nitrogen and oxygen atoms in total. The first-order valence-electron chi connectivity index (χ1n) is 5.90. The van der Waals surface area contributed by atoms with E-state index in [1.165, 1.54) is 0 Å². The van der Waals surface area contributed by atoms with Crippen LogP contribution in [0.1, 0.15) is 23.4 Å². The maximum Gasteiger partial charge on any atom is 0.307 e. The zero-order valence-electron chi connectivity index (χ0n) is 10.3. The fraction of sp³-hybridized carbons (Fsp3) is 0.667. The Morgan fingerprint density at radius 3 is 2.94 bits per heavy atom. The van der Waals surface area contributed by atoms with E-state index in [0.29, 0.717) is 5.92 Å². The van der Waals surface area contributed by atoms with E-state index in [9.17, 15) is 4.79 Å². The van der Waals surface area contributed by atoms with Crippen LogP contribution in [-0.4, -0.2) is 34.1 Å². The van der Waals surface area contributed by atoms with Crippen molar-refractivity contribution in [1.29, 1.82) is 0 Å². The summed E-state index contributed by atoms with van der Waals surface area (Å²) in [6, 6.07) is 0. The van der Waals surface area contributed by atoms with E-state index >= 15 is 0 Å². The highest BCUT2D eigenvalue weighted by Gasteiger charge is 2.20. The number of ether oxygens (including phenoxy) is 1. The van der Waals surface area contributed by atoms with Gasteiger partial charge in [-0.2, -0.15) is 5.10 Å². The van der Waals surface area contributed by atoms with Gasteiger partial charge in [0.1, 0.15) is 0 Å². The van der Waals surface area contributed by atoms with E-state index in [0.717, 1.165) is 43.1 Å². The average molecular weight is 238 g/mol. The normalized spacial score (nSPS) is 19.8. The largest absolute Gasteiger partial charge is 0.481 e. The third-order valence-corrected chi connectivity index (χ3v) is 3.31. The predicted molar refractivity (Wildman–Crippen MR) is 62.0 cm³/mol. The number of aliphatic carboxylic acids is 1. The summed E-state index contributed by atoms with van der Waals surface area (Å²) in [6.45, 7) is 6.24. The molecule has 94 valence electrons. The first kappa shape index (κ1) is 12.1. The molecule has 1 atom stereocenters. The molecule has 1 N–H and O–H groups in total. The summed E-state index contributed by atoms with van der Waals surface area (Å²) in [6.07, 6.45) is 1.12. The molecule has 0 saturated carbocycles. The van der Waals surface area contributed by atoms with Crippen molar-refractivity contribution in [2.75, 3.05) is 13.2 Å². The molecule has 0 aliphatic carbocycles. The summed E-state index contributed by atoms with van der Waals surface area (Å²) >= 11 is 0. The van der Waals surface area contributed by atoms with Crippen molar-refractivity contribution in [3.8, 4) is 0 Å². The van der Waals surface area contributed by atoms with Crippen LogP contribution in [-0.2, 0) is 22.5 Å². The summed E-state index contributed by atoms with van der Waals surface area (Å²) in [4.78, 5) is 10.8. The molecule has 17 heavy (non-hydrogen) atoms. The molecule has 2 rings (SSSR count). The molecule has 0 amide bonds. The smallest absolute Gasteiger partial charge is 0.307 e. The van der Waals surface area contributed by atoms with E-state index in [4.69, 9.17) is 9.84 Å². The van der Waals surface area contributed by atoms with Crippen LogP contribution in [0.5, 0.6) is 0 Å². The Hall–Kier alpha value is -1.36. The van der Waals surface area contributed by atoms with Crippen LogP contribution < -0.4 is 0 Å². The molecule has 2 heterocycles. The van der Waals surface area contributed by atoms with Gasteiger partial charge >= 0.3 is 5.97 Å². The van der Waals surface area contributed by atoms with Gasteiger partial charge in [-0.15, -0.1) is 0 Å². The molecule has 1 fully saturated rings. The summed E-state index contributed by atoms with van der Waals surface area (Å²) in [5.41, 5.74) is 2.64. The van der Waals surface area contributed by atoms with Gasteiger partial charge in [0.05, 0.1) is 18.7 Å². The second kappa shape index (κ2) is 4.87. The third-order valence-electron chi connectivity index (χ3n) is 3.31. The number of hydrogen-bond donors (Lipinski definition) is 1. The van der Waals surface area contributed by atoms with Crippen LogP contribution >= 0.6 is 0 Å². The van der Waals surface area contributed by atoms with Crippen molar-refractivity contribution in [3.05, 3.63) is 17.0 Å². The Morgan fingerprint density at radius 2 is 2.35 bits per heavy atom. The van der Waals surface area contributed by atoms with Crippen LogP contribution in [0.2, 0.25) is 0 Å². The second-order valence-corrected chi connectivity index (χ2v) is 4.63. The number of aryl methyl sites for hydroxylation is 1. The summed E-state index contributed by atoms with van der Waals surface area (Å²) in [5.74, 6) is -0.300. The number of carbonyl (C=O) groups is 1. The van der Waals surface area contributed by atoms with E-state index < -0.39 is 5.97 Å². The first-order valence-corrected chi connectivity index (χ1v) is 5.90. The van der Waals surface area contributed by atoms with Crippen molar-refractivity contribution < 1.29 is 14.6 Å². The van der Waals surface area contributed by atoms with Gasteiger partial charge in [-0.1, -0.05) is 0 Å². The molecular weight excluding hydrogens is 220 g/mol. The van der Waals surface area contributed by atoms with Crippen molar-refractivity contribution in [2.45, 2.75) is 33.2 Å². The van der Waals surface area contributed by atoms with E-state index in [-0.39, 0.29) is 6.42 Å². The molecule has 1 aromatic rings. The van der Waals surface area contributed by atoms with Gasteiger partial charge < -0.3 is 9.84 Å². The minimum atomic E-state index is -0.806. The van der Waals surface area contributed by atoms with Gasteiger partial charge in [0, 0.05) is 30.3 Å². The maximum atomic E-state index is 10.8. The summed E-state index contributed by atoms with van der Waals surface area (Å²) in [5, 5.41) is 13.3. The number of rotatable bonds is 4. The van der Waals surface area contributed by atoms with Crippen LogP contribution in [0.25, 0.3) is 0 Å². The number of carboxylic acid groups (broad SMARTS) is 1. The molecule has 1 aliphatic heterocycles. The second-order valence-electron chi connectivity index (χ2n) is 4.63. The molecule has 1 aromatic heterocycles. The number of carboxylic acids is 1. The lowest BCUT2D eigenvalue weighted by Crippen LogP contribution is -2.13. The van der Waals surface area contributed by atoms with Crippen molar-refractivity contribution in [3.63, 3.8) is 0 Å². The monoisotopic (exact) mass is 238 g/mol. The molecular formula is C12H18N2O3. The van der Waals surface area contributed by atoms with E-state index in [1.54, 1.807) is 0 Å². The molecule has 1 saturated heterocycles. The fourth-order valence-corrected chi connectivity index (χ4v) is 2.29. The zero-order valence-corrected chi connectivity index (χ0v) is 10.3. The van der Waals surface area contributed by atoms with Gasteiger partial charge in [-0.3, -0.25) is 9.48 Å². The summed E-state index contributed by atoms with van der Waals surface area (Å²) in [7, 11) is 0. The van der Waals surface area contributed by atoms with Crippen LogP contribution in [0, 0.1) is 19.8 Å². The third kappa shape index (κ3) is 2.66. The van der Waals surface area contributed by atoms with Crippen LogP contribution in [0.15, 0.2) is 0 Å². The number of hydrogen-bond acceptors (Lipinski definition) is 3. The Morgan fingerprint density at radius 1 is 1.59 bits per heavy atom. The highest BCUT2D eigenvalue weighted by molar-refractivity contribution is 5.70. The fourth-order valence-electron chi connectivity index (χ4n) is 2.29. The molecule has 0 bridgehead atoms. The minimum Gasteiger partial charge on any atom is -0.481 e. The van der Waals surface area contributed by atoms with Gasteiger partial charge in [0.2, 0.25) is 0 Å². The van der Waals surface area contributed by atoms with Crippen LogP contribution in [0.3, 0.4) is 0 Å². The van der Waals surface area contributed by atoms with E-state index in [1.807, 2.05) is 18.5 Å². The first-order chi connectivity index (χ1) is 8.08. The minimum absolute atomic E-state index is 0.0544. The molecule has 0 spiro atoms. The van der Waals surface area contributed by atoms with Gasteiger partial charge in [0.25, 0.3) is 0 Å². The van der Waals surface area contributed by atoms with Crippen molar-refractivity contribution in [1.82, 2.24) is 9.78 Å². The number of nitrogens with zero attached hydrogens (tertiary/aromatic N) is 2. The maximum absolute atomic E-state index is 10.8. The Balaban J connectivity index is 2.14. The lowest BCUT2D eigenvalue weighted by Gasteiger charge is -2.09. The van der Waals surface area contributed by atoms with Gasteiger partial charge in [0.15, 0.2) is 0 Å². The van der Waals surface area contributed by atoms with Crippen molar-refractivity contribution >= 4 is 5.97 Å². The molecule has 5 heteroatoms. The molecule has 0 aromatic carbocycles. The highest BCUT2D eigenvalue weighted by atomic mass is 16.5. The molecule has 0 radical (unpaired) electrons. The number of aromatic nitrogens is 2.